The van der Waals surface area contributed by atoms with Crippen LogP contribution in [0.1, 0.15) is 23.1 Å². The Hall–Kier alpha value is -1.95. The van der Waals surface area contributed by atoms with E-state index in [9.17, 15) is 0 Å². The van der Waals surface area contributed by atoms with Crippen molar-refractivity contribution in [3.63, 3.8) is 0 Å². The van der Waals surface area contributed by atoms with Crippen molar-refractivity contribution in [2.24, 2.45) is 5.11 Å². The van der Waals surface area contributed by atoms with E-state index >= 15 is 0 Å². The Kier molecular flexibility index (Phi) is 4.94. The molecule has 1 rings (SSSR count). The van der Waals surface area contributed by atoms with Crippen LogP contribution in [0.4, 0.5) is 0 Å². The van der Waals surface area contributed by atoms with Gasteiger partial charge in [0.25, 0.3) is 0 Å². The topological polar surface area (TPSA) is 69.0 Å². The van der Waals surface area contributed by atoms with Gasteiger partial charge in [-0.2, -0.15) is 0 Å². The van der Waals surface area contributed by atoms with Gasteiger partial charge < -0.3 is 5.11 Å². The Morgan fingerprint density at radius 1 is 1.50 bits per heavy atom. The Balaban J connectivity index is 2.70. The van der Waals surface area contributed by atoms with Crippen LogP contribution in [0.25, 0.3) is 10.4 Å². The first-order valence-corrected chi connectivity index (χ1v) is 4.98. The van der Waals surface area contributed by atoms with Crippen LogP contribution in [-0.4, -0.2) is 11.7 Å². The lowest BCUT2D eigenvalue weighted by Gasteiger charge is -2.01. The molecule has 0 saturated carbocycles. The molecule has 0 aromatic heterocycles. The number of hydrogen-bond donors (Lipinski definition) is 1. The van der Waals surface area contributed by atoms with Gasteiger partial charge in [-0.15, -0.1) is 0 Å². The maximum absolute atomic E-state index is 9.08. The van der Waals surface area contributed by atoms with Gasteiger partial charge in [-0.1, -0.05) is 23.0 Å². The zero-order valence-corrected chi connectivity index (χ0v) is 9.14. The van der Waals surface area contributed by atoms with Crippen LogP contribution >= 0.6 is 0 Å². The van der Waals surface area contributed by atoms with Gasteiger partial charge in [0.15, 0.2) is 0 Å². The lowest BCUT2D eigenvalue weighted by Crippen LogP contribution is -1.89. The number of benzene rings is 1. The van der Waals surface area contributed by atoms with E-state index in [4.69, 9.17) is 10.6 Å². The van der Waals surface area contributed by atoms with Gasteiger partial charge in [-0.25, -0.2) is 0 Å². The first kappa shape index (κ1) is 12.1. The lowest BCUT2D eigenvalue weighted by atomic mass is 10.1. The molecule has 0 bridgehead atoms. The molecule has 4 nitrogen and oxygen atoms in total. The Morgan fingerprint density at radius 2 is 2.31 bits per heavy atom. The fraction of sp³-hybridized carbons (Fsp3) is 0.333. The normalized spacial score (nSPS) is 8.88. The minimum absolute atomic E-state index is 0.0279. The summed E-state index contributed by atoms with van der Waals surface area (Å²) in [5, 5.41) is 12.5. The zero-order valence-electron chi connectivity index (χ0n) is 9.14. The molecule has 0 aliphatic heterocycles. The molecule has 82 valence electrons. The molecule has 0 heterocycles. The second kappa shape index (κ2) is 6.52. The molecule has 0 aliphatic carbocycles. The summed E-state index contributed by atoms with van der Waals surface area (Å²) in [5.41, 5.74) is 10.9. The van der Waals surface area contributed by atoms with E-state index in [0.717, 1.165) is 16.7 Å². The van der Waals surface area contributed by atoms with Crippen molar-refractivity contribution < 1.29 is 5.11 Å². The number of rotatable bonds is 3. The summed E-state index contributed by atoms with van der Waals surface area (Å²) in [7, 11) is 0. The third-order valence-electron chi connectivity index (χ3n) is 2.15. The molecule has 4 heteroatoms. The van der Waals surface area contributed by atoms with Crippen molar-refractivity contribution >= 4 is 0 Å². The first-order valence-electron chi connectivity index (χ1n) is 4.98. The van der Waals surface area contributed by atoms with E-state index < -0.39 is 0 Å². The third kappa shape index (κ3) is 3.66. The van der Waals surface area contributed by atoms with E-state index in [0.29, 0.717) is 13.0 Å². The summed E-state index contributed by atoms with van der Waals surface area (Å²) >= 11 is 0. The Bertz CT molecular complexity index is 465. The van der Waals surface area contributed by atoms with Gasteiger partial charge in [0.1, 0.15) is 0 Å². The highest BCUT2D eigenvalue weighted by molar-refractivity contribution is 5.40. The summed E-state index contributed by atoms with van der Waals surface area (Å²) in [6.07, 6.45) is 0.548. The smallest absolute Gasteiger partial charge is 0.0684 e. The average molecular weight is 215 g/mol. The zero-order chi connectivity index (χ0) is 11.8. The second-order valence-electron chi connectivity index (χ2n) is 3.31. The fourth-order valence-corrected chi connectivity index (χ4v) is 1.23. The van der Waals surface area contributed by atoms with E-state index in [1.54, 1.807) is 0 Å². The highest BCUT2D eigenvalue weighted by Gasteiger charge is 1.96. The predicted molar refractivity (Wildman–Crippen MR) is 62.6 cm³/mol. The molecule has 0 amide bonds. The van der Waals surface area contributed by atoms with Crippen molar-refractivity contribution in [2.75, 3.05) is 6.54 Å². The van der Waals surface area contributed by atoms with Crippen LogP contribution in [0.15, 0.2) is 23.3 Å². The quantitative estimate of drug-likeness (QED) is 0.272. The summed E-state index contributed by atoms with van der Waals surface area (Å²) in [4.78, 5) is 2.64. The van der Waals surface area contributed by atoms with Crippen LogP contribution in [0.2, 0.25) is 0 Å². The first-order chi connectivity index (χ1) is 7.77. The molecule has 0 fully saturated rings. The average Bonchev–Trinajstić information content (AvgIpc) is 2.31. The van der Waals surface area contributed by atoms with Crippen LogP contribution < -0.4 is 0 Å². The molecule has 0 saturated heterocycles. The van der Waals surface area contributed by atoms with Gasteiger partial charge in [0.2, 0.25) is 0 Å². The number of aliphatic hydroxyl groups is 1. The highest BCUT2D eigenvalue weighted by Crippen LogP contribution is 2.10. The van der Waals surface area contributed by atoms with E-state index in [1.165, 1.54) is 0 Å². The fourth-order valence-electron chi connectivity index (χ4n) is 1.23. The molecular formula is C12H13N3O. The van der Waals surface area contributed by atoms with E-state index in [-0.39, 0.29) is 6.61 Å². The van der Waals surface area contributed by atoms with Crippen LogP contribution in [0, 0.1) is 18.8 Å². The van der Waals surface area contributed by atoms with Crippen LogP contribution in [0.3, 0.4) is 0 Å². The second-order valence-corrected chi connectivity index (χ2v) is 3.31. The van der Waals surface area contributed by atoms with Gasteiger partial charge in [0.05, 0.1) is 6.61 Å². The van der Waals surface area contributed by atoms with E-state index in [2.05, 4.69) is 21.9 Å². The van der Waals surface area contributed by atoms with E-state index in [1.807, 2.05) is 25.1 Å². The van der Waals surface area contributed by atoms with Crippen molar-refractivity contribution in [1.29, 1.82) is 0 Å². The Labute approximate surface area is 94.5 Å². The number of hydrogen-bond acceptors (Lipinski definition) is 2. The minimum Gasteiger partial charge on any atom is -0.392 e. The minimum atomic E-state index is 0.0279. The van der Waals surface area contributed by atoms with Crippen molar-refractivity contribution in [3.8, 4) is 11.8 Å². The monoisotopic (exact) mass is 215 g/mol. The predicted octanol–water partition coefficient (Wildman–Crippen LogP) is 2.54. The van der Waals surface area contributed by atoms with Gasteiger partial charge in [-0.05, 0) is 35.7 Å². The molecular weight excluding hydrogens is 202 g/mol. The third-order valence-corrected chi connectivity index (χ3v) is 2.15. The van der Waals surface area contributed by atoms with Crippen molar-refractivity contribution in [1.82, 2.24) is 0 Å². The van der Waals surface area contributed by atoms with Crippen LogP contribution in [-0.2, 0) is 6.61 Å². The lowest BCUT2D eigenvalue weighted by molar-refractivity contribution is 0.281. The van der Waals surface area contributed by atoms with Gasteiger partial charge >= 0.3 is 0 Å². The molecule has 0 aliphatic rings. The highest BCUT2D eigenvalue weighted by atomic mass is 16.3. The number of aryl methyl sites for hydroxylation is 1. The standard InChI is InChI=1S/C12H13N3O/c1-10-5-6-11(8-12(10)9-16)4-2-3-7-14-15-13/h5-6,8,16H,3,7,9H2,1H3. The maximum Gasteiger partial charge on any atom is 0.0684 e. The molecule has 0 spiro atoms. The van der Waals surface area contributed by atoms with Gasteiger partial charge in [-0.3, -0.25) is 0 Å². The molecule has 0 atom stereocenters. The van der Waals surface area contributed by atoms with Crippen molar-refractivity contribution in [2.45, 2.75) is 20.0 Å². The number of nitrogens with zero attached hydrogens (tertiary/aromatic N) is 3. The molecule has 0 radical (unpaired) electrons. The molecule has 16 heavy (non-hydrogen) atoms. The number of aliphatic hydroxyl groups excluding tert-OH is 1. The number of azide groups is 1. The van der Waals surface area contributed by atoms with Gasteiger partial charge in [0, 0.05) is 23.4 Å². The molecule has 0 unspecified atom stereocenters. The summed E-state index contributed by atoms with van der Waals surface area (Å²) in [6.45, 7) is 2.37. The SMILES string of the molecule is Cc1ccc(C#CCCN=[N+]=[N-])cc1CO. The molecule has 1 aromatic rings. The molecule has 1 N–H and O–H groups in total. The maximum atomic E-state index is 9.08. The molecule has 1 aromatic carbocycles. The van der Waals surface area contributed by atoms with Crippen molar-refractivity contribution in [3.05, 3.63) is 45.3 Å². The largest absolute Gasteiger partial charge is 0.392 e. The Morgan fingerprint density at radius 3 is 3.00 bits per heavy atom. The van der Waals surface area contributed by atoms with Crippen LogP contribution in [0.5, 0.6) is 0 Å². The summed E-state index contributed by atoms with van der Waals surface area (Å²) < 4.78 is 0. The summed E-state index contributed by atoms with van der Waals surface area (Å²) in [5.74, 6) is 5.87. The summed E-state index contributed by atoms with van der Waals surface area (Å²) in [6, 6.07) is 5.72.